The Bertz CT molecular complexity index is 600. The third kappa shape index (κ3) is 4.53. The minimum absolute atomic E-state index is 0.159. The lowest BCUT2D eigenvalue weighted by Gasteiger charge is -2.19. The van der Waals surface area contributed by atoms with Crippen LogP contribution in [0.2, 0.25) is 10.0 Å². The summed E-state index contributed by atoms with van der Waals surface area (Å²) in [6.07, 6.45) is 3.09. The molecule has 0 aliphatic carbocycles. The summed E-state index contributed by atoms with van der Waals surface area (Å²) in [6, 6.07) is 3.90. The molecule has 23 heavy (non-hydrogen) atoms. The Morgan fingerprint density at radius 3 is 2.87 bits per heavy atom. The third-order valence-electron chi connectivity index (χ3n) is 3.71. The van der Waals surface area contributed by atoms with Crippen LogP contribution in [0.25, 0.3) is 0 Å². The van der Waals surface area contributed by atoms with Crippen molar-refractivity contribution in [2.45, 2.75) is 24.9 Å². The number of anilines is 1. The van der Waals surface area contributed by atoms with Gasteiger partial charge in [0.25, 0.3) is 0 Å². The van der Waals surface area contributed by atoms with Crippen molar-refractivity contribution >= 4 is 52.5 Å². The maximum Gasteiger partial charge on any atom is 0.249 e. The largest absolute Gasteiger partial charge is 0.343 e. The fourth-order valence-electron chi connectivity index (χ4n) is 2.38. The SMILES string of the molecule is CSCCC(N)C(=O)NC1CCN(c2ccc(Cl)c(Cl)c2)C1=O. The number of halogens is 2. The number of rotatable bonds is 6. The van der Waals surface area contributed by atoms with Crippen LogP contribution in [0, 0.1) is 0 Å². The smallest absolute Gasteiger partial charge is 0.249 e. The maximum atomic E-state index is 12.5. The average Bonchev–Trinajstić information content (AvgIpc) is 2.88. The third-order valence-corrected chi connectivity index (χ3v) is 5.09. The topological polar surface area (TPSA) is 75.4 Å². The molecule has 3 N–H and O–H groups in total. The summed E-state index contributed by atoms with van der Waals surface area (Å²) < 4.78 is 0. The second-order valence-corrected chi connectivity index (χ2v) is 7.13. The number of nitrogens with two attached hydrogens (primary N) is 1. The first-order chi connectivity index (χ1) is 10.9. The van der Waals surface area contributed by atoms with E-state index in [4.69, 9.17) is 28.9 Å². The van der Waals surface area contributed by atoms with Crippen LogP contribution in [-0.4, -0.2) is 42.5 Å². The highest BCUT2D eigenvalue weighted by Crippen LogP contribution is 2.29. The summed E-state index contributed by atoms with van der Waals surface area (Å²) in [5.74, 6) is 0.366. The molecule has 126 valence electrons. The first-order valence-corrected chi connectivity index (χ1v) is 9.40. The van der Waals surface area contributed by atoms with Gasteiger partial charge < -0.3 is 16.0 Å². The molecular formula is C15H19Cl2N3O2S. The van der Waals surface area contributed by atoms with Crippen molar-refractivity contribution in [1.82, 2.24) is 5.32 Å². The molecule has 2 atom stereocenters. The van der Waals surface area contributed by atoms with Crippen molar-refractivity contribution in [1.29, 1.82) is 0 Å². The summed E-state index contributed by atoms with van der Waals surface area (Å²) in [5, 5.41) is 3.57. The predicted octanol–water partition coefficient (Wildman–Crippen LogP) is 2.30. The van der Waals surface area contributed by atoms with Crippen molar-refractivity contribution in [3.63, 3.8) is 0 Å². The molecule has 0 bridgehead atoms. The first kappa shape index (κ1) is 18.4. The molecule has 8 heteroatoms. The van der Waals surface area contributed by atoms with Gasteiger partial charge in [-0.25, -0.2) is 0 Å². The van der Waals surface area contributed by atoms with Crippen molar-refractivity contribution in [3.05, 3.63) is 28.2 Å². The van der Waals surface area contributed by atoms with Crippen molar-refractivity contribution in [2.75, 3.05) is 23.5 Å². The molecule has 2 rings (SSSR count). The van der Waals surface area contributed by atoms with Crippen molar-refractivity contribution < 1.29 is 9.59 Å². The van der Waals surface area contributed by atoms with E-state index in [-0.39, 0.29) is 11.8 Å². The van der Waals surface area contributed by atoms with E-state index in [9.17, 15) is 9.59 Å². The molecular weight excluding hydrogens is 357 g/mol. The minimum Gasteiger partial charge on any atom is -0.343 e. The van der Waals surface area contributed by atoms with E-state index in [1.807, 2.05) is 6.26 Å². The van der Waals surface area contributed by atoms with Gasteiger partial charge in [-0.3, -0.25) is 9.59 Å². The van der Waals surface area contributed by atoms with E-state index in [0.29, 0.717) is 35.1 Å². The highest BCUT2D eigenvalue weighted by Gasteiger charge is 2.34. The van der Waals surface area contributed by atoms with Gasteiger partial charge in [-0.2, -0.15) is 11.8 Å². The molecule has 1 aromatic rings. The summed E-state index contributed by atoms with van der Waals surface area (Å²) in [5.41, 5.74) is 6.50. The van der Waals surface area contributed by atoms with E-state index < -0.39 is 12.1 Å². The van der Waals surface area contributed by atoms with Crippen molar-refractivity contribution in [3.8, 4) is 0 Å². The number of amides is 2. The Morgan fingerprint density at radius 2 is 2.22 bits per heavy atom. The molecule has 0 spiro atoms. The number of carbonyl (C=O) groups excluding carboxylic acids is 2. The van der Waals surface area contributed by atoms with Gasteiger partial charge in [-0.15, -0.1) is 0 Å². The van der Waals surface area contributed by atoms with Crippen LogP contribution in [0.1, 0.15) is 12.8 Å². The molecule has 1 fully saturated rings. The summed E-state index contributed by atoms with van der Waals surface area (Å²) in [6.45, 7) is 0.516. The monoisotopic (exact) mass is 375 g/mol. The van der Waals surface area contributed by atoms with Crippen LogP contribution in [-0.2, 0) is 9.59 Å². The Balaban J connectivity index is 1.98. The number of hydrogen-bond acceptors (Lipinski definition) is 4. The molecule has 1 saturated heterocycles. The van der Waals surface area contributed by atoms with Crippen LogP contribution in [0.15, 0.2) is 18.2 Å². The van der Waals surface area contributed by atoms with Gasteiger partial charge >= 0.3 is 0 Å². The van der Waals surface area contributed by atoms with Crippen LogP contribution >= 0.6 is 35.0 Å². The fourth-order valence-corrected chi connectivity index (χ4v) is 3.16. The molecule has 2 amide bonds. The summed E-state index contributed by atoms with van der Waals surface area (Å²) >= 11 is 13.5. The van der Waals surface area contributed by atoms with Crippen LogP contribution in [0.5, 0.6) is 0 Å². The lowest BCUT2D eigenvalue weighted by molar-refractivity contribution is -0.127. The van der Waals surface area contributed by atoms with Crippen molar-refractivity contribution in [2.24, 2.45) is 5.73 Å². The molecule has 1 aliphatic heterocycles. The number of benzene rings is 1. The second kappa shape index (κ2) is 8.24. The van der Waals surface area contributed by atoms with Gasteiger partial charge in [-0.1, -0.05) is 23.2 Å². The number of thioether (sulfide) groups is 1. The van der Waals surface area contributed by atoms with Crippen LogP contribution in [0.4, 0.5) is 5.69 Å². The second-order valence-electron chi connectivity index (χ2n) is 5.33. The number of nitrogens with one attached hydrogen (secondary N) is 1. The minimum atomic E-state index is -0.589. The highest BCUT2D eigenvalue weighted by molar-refractivity contribution is 7.98. The fraction of sp³-hybridized carbons (Fsp3) is 0.467. The number of hydrogen-bond donors (Lipinski definition) is 2. The predicted molar refractivity (Wildman–Crippen MR) is 96.3 cm³/mol. The van der Waals surface area contributed by atoms with Gasteiger partial charge in [0.15, 0.2) is 0 Å². The zero-order valence-electron chi connectivity index (χ0n) is 12.7. The van der Waals surface area contributed by atoms with Crippen LogP contribution < -0.4 is 16.0 Å². The Morgan fingerprint density at radius 1 is 1.48 bits per heavy atom. The van der Waals surface area contributed by atoms with E-state index >= 15 is 0 Å². The van der Waals surface area contributed by atoms with E-state index in [1.54, 1.807) is 34.9 Å². The molecule has 1 aromatic carbocycles. The molecule has 5 nitrogen and oxygen atoms in total. The molecule has 2 unspecified atom stereocenters. The van der Waals surface area contributed by atoms with Gasteiger partial charge in [0.1, 0.15) is 6.04 Å². The van der Waals surface area contributed by atoms with Gasteiger partial charge in [0, 0.05) is 12.2 Å². The zero-order valence-corrected chi connectivity index (χ0v) is 15.0. The Kier molecular flexibility index (Phi) is 6.59. The normalized spacial score (nSPS) is 19.0. The lowest BCUT2D eigenvalue weighted by Crippen LogP contribution is -2.48. The van der Waals surface area contributed by atoms with Gasteiger partial charge in [0.05, 0.1) is 16.1 Å². The Labute approximate surface area is 149 Å². The van der Waals surface area contributed by atoms with Crippen LogP contribution in [0.3, 0.4) is 0 Å². The standard InChI is InChI=1S/C15H19Cl2N3O2S/c1-23-7-5-12(18)14(21)19-13-4-6-20(15(13)22)9-2-3-10(16)11(17)8-9/h2-3,8,12-13H,4-7,18H2,1H3,(H,19,21). The molecule has 0 radical (unpaired) electrons. The summed E-state index contributed by atoms with van der Waals surface area (Å²) in [4.78, 5) is 26.1. The molecule has 0 aromatic heterocycles. The van der Waals surface area contributed by atoms with Gasteiger partial charge in [-0.05, 0) is 43.0 Å². The van der Waals surface area contributed by atoms with E-state index in [1.165, 1.54) is 0 Å². The summed E-state index contributed by atoms with van der Waals surface area (Å²) in [7, 11) is 0. The lowest BCUT2D eigenvalue weighted by atomic mass is 10.2. The highest BCUT2D eigenvalue weighted by atomic mass is 35.5. The van der Waals surface area contributed by atoms with E-state index in [0.717, 1.165) is 5.75 Å². The molecule has 1 heterocycles. The number of carbonyl (C=O) groups is 2. The molecule has 0 saturated carbocycles. The Hall–Kier alpha value is -0.950. The van der Waals surface area contributed by atoms with Gasteiger partial charge in [0.2, 0.25) is 11.8 Å². The first-order valence-electron chi connectivity index (χ1n) is 7.25. The number of nitrogens with zero attached hydrogens (tertiary/aromatic N) is 1. The van der Waals surface area contributed by atoms with E-state index in [2.05, 4.69) is 5.32 Å². The molecule has 1 aliphatic rings. The average molecular weight is 376 g/mol. The zero-order chi connectivity index (χ0) is 17.0. The maximum absolute atomic E-state index is 12.5. The quantitative estimate of drug-likeness (QED) is 0.799.